The molecule has 0 unspecified atom stereocenters. The van der Waals surface area contributed by atoms with Gasteiger partial charge in [0.2, 0.25) is 5.91 Å². The van der Waals surface area contributed by atoms with Crippen molar-refractivity contribution < 1.29 is 18.7 Å². The number of hydrogen-bond donors (Lipinski definition) is 0. The van der Waals surface area contributed by atoms with Crippen LogP contribution in [0.4, 0.5) is 4.39 Å². The van der Waals surface area contributed by atoms with E-state index in [2.05, 4.69) is 0 Å². The minimum atomic E-state index is -0.296. The number of likely N-dealkylation sites (tertiary alicyclic amines) is 2. The highest BCUT2D eigenvalue weighted by Gasteiger charge is 2.39. The van der Waals surface area contributed by atoms with Crippen LogP contribution in [0.15, 0.2) is 48.5 Å². The van der Waals surface area contributed by atoms with E-state index in [1.165, 1.54) is 12.1 Å². The lowest BCUT2D eigenvalue weighted by molar-refractivity contribution is -0.143. The van der Waals surface area contributed by atoms with Crippen molar-refractivity contribution in [1.29, 1.82) is 0 Å². The van der Waals surface area contributed by atoms with Gasteiger partial charge < -0.3 is 14.5 Å². The molecule has 2 aliphatic rings. The van der Waals surface area contributed by atoms with Crippen LogP contribution in [-0.2, 0) is 16.0 Å². The summed E-state index contributed by atoms with van der Waals surface area (Å²) in [6.07, 6.45) is 3.03. The van der Waals surface area contributed by atoms with Crippen LogP contribution in [-0.4, -0.2) is 53.9 Å². The van der Waals surface area contributed by atoms with Crippen LogP contribution in [0.3, 0.4) is 0 Å². The summed E-state index contributed by atoms with van der Waals surface area (Å²) in [4.78, 5) is 29.5. The van der Waals surface area contributed by atoms with E-state index < -0.39 is 0 Å². The number of benzene rings is 2. The highest BCUT2D eigenvalue weighted by atomic mass is 19.1. The minimum absolute atomic E-state index is 0.0152. The first-order valence-corrected chi connectivity index (χ1v) is 11.0. The zero-order chi connectivity index (χ0) is 21.8. The zero-order valence-corrected chi connectivity index (χ0v) is 17.9. The van der Waals surface area contributed by atoms with Gasteiger partial charge in [-0.05, 0) is 61.9 Å². The average Bonchev–Trinajstić information content (AvgIpc) is 2.79. The zero-order valence-electron chi connectivity index (χ0n) is 17.9. The van der Waals surface area contributed by atoms with E-state index >= 15 is 0 Å². The quantitative estimate of drug-likeness (QED) is 0.737. The van der Waals surface area contributed by atoms with Crippen molar-refractivity contribution in [3.8, 4) is 5.75 Å². The second-order valence-corrected chi connectivity index (χ2v) is 8.59. The Morgan fingerprint density at radius 3 is 2.48 bits per heavy atom. The number of fused-ring (bicyclic) bond motifs is 1. The SMILES string of the molecule is Cc1ccc(OCC(=O)N2CCC[C@@H]3CN(C(=O)Cc4ccc(F)cc4)CC[C@H]32)cc1. The lowest BCUT2D eigenvalue weighted by atomic mass is 9.83. The first-order chi connectivity index (χ1) is 15.0. The van der Waals surface area contributed by atoms with Gasteiger partial charge >= 0.3 is 0 Å². The smallest absolute Gasteiger partial charge is 0.260 e. The Balaban J connectivity index is 1.32. The lowest BCUT2D eigenvalue weighted by Gasteiger charge is -2.47. The van der Waals surface area contributed by atoms with Gasteiger partial charge in [0, 0.05) is 25.7 Å². The molecular weight excluding hydrogens is 395 g/mol. The molecule has 0 aliphatic carbocycles. The third kappa shape index (κ3) is 5.24. The molecule has 2 fully saturated rings. The van der Waals surface area contributed by atoms with Crippen molar-refractivity contribution in [2.75, 3.05) is 26.2 Å². The second kappa shape index (κ2) is 9.50. The summed E-state index contributed by atoms with van der Waals surface area (Å²) >= 11 is 0. The summed E-state index contributed by atoms with van der Waals surface area (Å²) in [5.74, 6) is 0.782. The number of nitrogens with zero attached hydrogens (tertiary/aromatic N) is 2. The molecule has 2 atom stereocenters. The summed E-state index contributed by atoms with van der Waals surface area (Å²) < 4.78 is 18.8. The van der Waals surface area contributed by atoms with Gasteiger partial charge in [0.1, 0.15) is 11.6 Å². The van der Waals surface area contributed by atoms with Gasteiger partial charge in [-0.25, -0.2) is 4.39 Å². The lowest BCUT2D eigenvalue weighted by Crippen LogP contribution is -2.57. The molecule has 0 aromatic heterocycles. The van der Waals surface area contributed by atoms with Gasteiger partial charge in [0.25, 0.3) is 5.91 Å². The monoisotopic (exact) mass is 424 g/mol. The number of rotatable bonds is 5. The summed E-state index contributed by atoms with van der Waals surface area (Å²) in [7, 11) is 0. The molecule has 2 aliphatic heterocycles. The number of aryl methyl sites for hydroxylation is 1. The van der Waals surface area contributed by atoms with Gasteiger partial charge in [-0.2, -0.15) is 0 Å². The number of hydrogen-bond acceptors (Lipinski definition) is 3. The van der Waals surface area contributed by atoms with Gasteiger partial charge in [0.05, 0.1) is 6.42 Å². The Kier molecular flexibility index (Phi) is 6.54. The Morgan fingerprint density at radius 1 is 1.00 bits per heavy atom. The van der Waals surface area contributed by atoms with E-state index in [9.17, 15) is 14.0 Å². The van der Waals surface area contributed by atoms with Crippen LogP contribution in [0.5, 0.6) is 5.75 Å². The molecule has 2 aromatic rings. The van der Waals surface area contributed by atoms with Gasteiger partial charge in [-0.3, -0.25) is 9.59 Å². The molecule has 2 heterocycles. The van der Waals surface area contributed by atoms with Crippen LogP contribution < -0.4 is 4.74 Å². The highest BCUT2D eigenvalue weighted by molar-refractivity contribution is 5.80. The Bertz CT molecular complexity index is 913. The predicted octanol–water partition coefficient (Wildman–Crippen LogP) is 3.60. The third-order valence-corrected chi connectivity index (χ3v) is 6.39. The van der Waals surface area contributed by atoms with Gasteiger partial charge in [-0.1, -0.05) is 29.8 Å². The van der Waals surface area contributed by atoms with E-state index in [-0.39, 0.29) is 36.7 Å². The van der Waals surface area contributed by atoms with Gasteiger partial charge in [-0.15, -0.1) is 0 Å². The average molecular weight is 425 g/mol. The first kappa shape index (κ1) is 21.3. The molecule has 0 N–H and O–H groups in total. The largest absolute Gasteiger partial charge is 0.484 e. The van der Waals surface area contributed by atoms with E-state index in [1.54, 1.807) is 12.1 Å². The van der Waals surface area contributed by atoms with Crippen LogP contribution in [0, 0.1) is 18.7 Å². The van der Waals surface area contributed by atoms with Crippen molar-refractivity contribution in [3.05, 3.63) is 65.5 Å². The fourth-order valence-corrected chi connectivity index (χ4v) is 4.69. The molecule has 0 saturated carbocycles. The number of carbonyl (C=O) groups is 2. The first-order valence-electron chi connectivity index (χ1n) is 11.0. The number of ether oxygens (including phenoxy) is 1. The number of carbonyl (C=O) groups excluding carboxylic acids is 2. The van der Waals surface area contributed by atoms with Crippen molar-refractivity contribution >= 4 is 11.8 Å². The summed E-state index contributed by atoms with van der Waals surface area (Å²) in [6, 6.07) is 14.0. The molecule has 164 valence electrons. The van der Waals surface area contributed by atoms with Gasteiger partial charge in [0.15, 0.2) is 6.61 Å². The molecule has 2 saturated heterocycles. The molecule has 0 bridgehead atoms. The minimum Gasteiger partial charge on any atom is -0.484 e. The summed E-state index contributed by atoms with van der Waals surface area (Å²) in [6.45, 7) is 4.12. The second-order valence-electron chi connectivity index (χ2n) is 8.59. The Morgan fingerprint density at radius 2 is 1.74 bits per heavy atom. The number of amides is 2. The molecule has 2 aromatic carbocycles. The van der Waals surface area contributed by atoms with E-state index in [4.69, 9.17) is 4.74 Å². The van der Waals surface area contributed by atoms with Crippen LogP contribution in [0.2, 0.25) is 0 Å². The number of halogens is 1. The maximum atomic E-state index is 13.1. The van der Waals surface area contributed by atoms with Crippen molar-refractivity contribution in [1.82, 2.24) is 9.80 Å². The Hall–Kier alpha value is -2.89. The summed E-state index contributed by atoms with van der Waals surface area (Å²) in [5.41, 5.74) is 1.97. The molecule has 31 heavy (non-hydrogen) atoms. The fourth-order valence-electron chi connectivity index (χ4n) is 4.69. The molecule has 5 nitrogen and oxygen atoms in total. The molecule has 0 radical (unpaired) electrons. The number of piperidine rings is 2. The molecule has 0 spiro atoms. The fraction of sp³-hybridized carbons (Fsp3) is 0.440. The maximum Gasteiger partial charge on any atom is 0.260 e. The summed E-state index contributed by atoms with van der Waals surface area (Å²) in [5, 5.41) is 0. The van der Waals surface area contributed by atoms with E-state index in [1.807, 2.05) is 41.0 Å². The van der Waals surface area contributed by atoms with E-state index in [0.29, 0.717) is 24.8 Å². The normalized spacial score (nSPS) is 20.8. The highest BCUT2D eigenvalue weighted by Crippen LogP contribution is 2.31. The van der Waals surface area contributed by atoms with Crippen LogP contribution >= 0.6 is 0 Å². The molecule has 4 rings (SSSR count). The maximum absolute atomic E-state index is 13.1. The molecular formula is C25H29FN2O3. The van der Waals surface area contributed by atoms with Crippen molar-refractivity contribution in [3.63, 3.8) is 0 Å². The van der Waals surface area contributed by atoms with Crippen molar-refractivity contribution in [2.24, 2.45) is 5.92 Å². The third-order valence-electron chi connectivity index (χ3n) is 6.39. The molecule has 6 heteroatoms. The topological polar surface area (TPSA) is 49.9 Å². The Labute approximate surface area is 182 Å². The standard InChI is InChI=1S/C25H29FN2O3/c1-18-4-10-22(11-5-18)31-17-25(30)28-13-2-3-20-16-27(14-12-23(20)28)24(29)15-19-6-8-21(26)9-7-19/h4-11,20,23H,2-3,12-17H2,1H3/t20-,23-/m1/s1. The molecule has 2 amide bonds. The predicted molar refractivity (Wildman–Crippen MR) is 116 cm³/mol. The van der Waals surface area contributed by atoms with Crippen molar-refractivity contribution in [2.45, 2.75) is 38.6 Å². The van der Waals surface area contributed by atoms with Crippen LogP contribution in [0.25, 0.3) is 0 Å². The van der Waals surface area contributed by atoms with E-state index in [0.717, 1.165) is 36.9 Å². The van der Waals surface area contributed by atoms with Crippen LogP contribution in [0.1, 0.15) is 30.4 Å².